The summed E-state index contributed by atoms with van der Waals surface area (Å²) >= 11 is 0. The number of pyridine rings is 1. The molecular formula is C18H20FN5. The van der Waals surface area contributed by atoms with Gasteiger partial charge < -0.3 is 0 Å². The third kappa shape index (κ3) is 3.01. The Labute approximate surface area is 140 Å². The summed E-state index contributed by atoms with van der Waals surface area (Å²) in [5.74, 6) is -0.209. The molecule has 5 nitrogen and oxygen atoms in total. The summed E-state index contributed by atoms with van der Waals surface area (Å²) < 4.78 is 15.9. The van der Waals surface area contributed by atoms with E-state index in [0.717, 1.165) is 37.1 Å². The number of rotatable bonds is 4. The van der Waals surface area contributed by atoms with Gasteiger partial charge in [-0.15, -0.1) is 0 Å². The van der Waals surface area contributed by atoms with E-state index in [1.165, 1.54) is 12.8 Å². The second kappa shape index (κ2) is 6.65. The summed E-state index contributed by atoms with van der Waals surface area (Å²) in [6, 6.07) is 7.42. The smallest absolute Gasteiger partial charge is 0.137 e. The zero-order chi connectivity index (χ0) is 16.4. The molecule has 0 bridgehead atoms. The Morgan fingerprint density at radius 1 is 1.21 bits per heavy atom. The van der Waals surface area contributed by atoms with E-state index in [-0.39, 0.29) is 5.82 Å². The minimum atomic E-state index is -0.209. The SMILES string of the molecule is Fc1ccc(CN2CCCC[C@@H]2Cn2cncn2)c2ncccc12. The molecule has 0 N–H and O–H groups in total. The number of nitrogens with zero attached hydrogens (tertiary/aromatic N) is 5. The molecule has 1 atom stereocenters. The van der Waals surface area contributed by atoms with Crippen molar-refractivity contribution in [1.29, 1.82) is 0 Å². The number of fused-ring (bicyclic) bond motifs is 1. The molecule has 1 saturated heterocycles. The minimum absolute atomic E-state index is 0.209. The van der Waals surface area contributed by atoms with E-state index >= 15 is 0 Å². The Kier molecular flexibility index (Phi) is 4.21. The average Bonchev–Trinajstić information content (AvgIpc) is 3.12. The molecule has 2 aromatic heterocycles. The number of hydrogen-bond donors (Lipinski definition) is 0. The lowest BCUT2D eigenvalue weighted by Crippen LogP contribution is -2.41. The molecule has 124 valence electrons. The molecule has 0 spiro atoms. The number of likely N-dealkylation sites (tertiary alicyclic amines) is 1. The van der Waals surface area contributed by atoms with Crippen molar-refractivity contribution in [3.63, 3.8) is 0 Å². The third-order valence-corrected chi connectivity index (χ3v) is 4.79. The Bertz CT molecular complexity index is 817. The first-order chi connectivity index (χ1) is 11.8. The van der Waals surface area contributed by atoms with Crippen molar-refractivity contribution in [1.82, 2.24) is 24.6 Å². The van der Waals surface area contributed by atoms with Crippen molar-refractivity contribution in [3.8, 4) is 0 Å². The van der Waals surface area contributed by atoms with Crippen LogP contribution in [0.2, 0.25) is 0 Å². The molecule has 4 rings (SSSR count). The Hall–Kier alpha value is -2.34. The largest absolute Gasteiger partial charge is 0.294 e. The first-order valence-corrected chi connectivity index (χ1v) is 8.40. The molecule has 1 aliphatic rings. The Morgan fingerprint density at radius 3 is 3.04 bits per heavy atom. The molecule has 3 heterocycles. The van der Waals surface area contributed by atoms with Crippen LogP contribution in [-0.2, 0) is 13.1 Å². The predicted molar refractivity (Wildman–Crippen MR) is 89.8 cm³/mol. The van der Waals surface area contributed by atoms with Gasteiger partial charge >= 0.3 is 0 Å². The van der Waals surface area contributed by atoms with E-state index in [0.29, 0.717) is 11.4 Å². The quantitative estimate of drug-likeness (QED) is 0.740. The molecule has 3 aromatic rings. The fraction of sp³-hybridized carbons (Fsp3) is 0.389. The number of halogens is 1. The van der Waals surface area contributed by atoms with Crippen molar-refractivity contribution in [2.45, 2.75) is 38.4 Å². The van der Waals surface area contributed by atoms with Crippen LogP contribution in [0.4, 0.5) is 4.39 Å². The van der Waals surface area contributed by atoms with Gasteiger partial charge in [0.05, 0.1) is 12.1 Å². The maximum Gasteiger partial charge on any atom is 0.137 e. The van der Waals surface area contributed by atoms with Crippen LogP contribution in [0.1, 0.15) is 24.8 Å². The predicted octanol–water partition coefficient (Wildman–Crippen LogP) is 3.02. The molecule has 0 aliphatic carbocycles. The molecule has 1 aliphatic heterocycles. The fourth-order valence-electron chi connectivity index (χ4n) is 3.56. The topological polar surface area (TPSA) is 46.8 Å². The van der Waals surface area contributed by atoms with Crippen molar-refractivity contribution >= 4 is 10.9 Å². The summed E-state index contributed by atoms with van der Waals surface area (Å²) in [5.41, 5.74) is 1.85. The van der Waals surface area contributed by atoms with E-state index in [2.05, 4.69) is 20.0 Å². The highest BCUT2D eigenvalue weighted by Gasteiger charge is 2.24. The standard InChI is InChI=1S/C18H20FN5/c19-17-7-6-14(18-16(17)5-3-8-21-18)10-23-9-2-1-4-15(23)11-24-13-20-12-22-24/h3,5-8,12-13,15H,1-2,4,9-11H2/t15-/m1/s1. The maximum absolute atomic E-state index is 14.0. The van der Waals surface area contributed by atoms with E-state index in [4.69, 9.17) is 0 Å². The van der Waals surface area contributed by atoms with Gasteiger partial charge in [-0.2, -0.15) is 5.10 Å². The first kappa shape index (κ1) is 15.2. The van der Waals surface area contributed by atoms with Crippen LogP contribution in [-0.4, -0.2) is 37.2 Å². The molecule has 0 amide bonds. The minimum Gasteiger partial charge on any atom is -0.294 e. The lowest BCUT2D eigenvalue weighted by atomic mass is 10.00. The number of benzene rings is 1. The van der Waals surface area contributed by atoms with Crippen molar-refractivity contribution in [3.05, 3.63) is 54.5 Å². The third-order valence-electron chi connectivity index (χ3n) is 4.79. The summed E-state index contributed by atoms with van der Waals surface area (Å²) in [5, 5.41) is 4.83. The number of aromatic nitrogens is 4. The molecule has 1 fully saturated rings. The molecule has 6 heteroatoms. The monoisotopic (exact) mass is 325 g/mol. The highest BCUT2D eigenvalue weighted by atomic mass is 19.1. The van der Waals surface area contributed by atoms with Crippen LogP contribution in [0.5, 0.6) is 0 Å². The van der Waals surface area contributed by atoms with Gasteiger partial charge in [-0.05, 0) is 43.1 Å². The molecular weight excluding hydrogens is 305 g/mol. The van der Waals surface area contributed by atoms with Gasteiger partial charge in [0.25, 0.3) is 0 Å². The van der Waals surface area contributed by atoms with Crippen LogP contribution >= 0.6 is 0 Å². The molecule has 0 unspecified atom stereocenters. The molecule has 0 radical (unpaired) electrons. The van der Waals surface area contributed by atoms with Gasteiger partial charge in [0.1, 0.15) is 18.5 Å². The van der Waals surface area contributed by atoms with Gasteiger partial charge in [0.15, 0.2) is 0 Å². The number of piperidine rings is 1. The Morgan fingerprint density at radius 2 is 2.17 bits per heavy atom. The first-order valence-electron chi connectivity index (χ1n) is 8.40. The second-order valence-corrected chi connectivity index (χ2v) is 6.34. The lowest BCUT2D eigenvalue weighted by Gasteiger charge is -2.35. The number of hydrogen-bond acceptors (Lipinski definition) is 4. The highest BCUT2D eigenvalue weighted by Crippen LogP contribution is 2.25. The summed E-state index contributed by atoms with van der Waals surface area (Å²) in [7, 11) is 0. The van der Waals surface area contributed by atoms with E-state index < -0.39 is 0 Å². The average molecular weight is 325 g/mol. The van der Waals surface area contributed by atoms with Crippen LogP contribution in [0.15, 0.2) is 43.1 Å². The lowest BCUT2D eigenvalue weighted by molar-refractivity contribution is 0.122. The zero-order valence-corrected chi connectivity index (χ0v) is 13.5. The maximum atomic E-state index is 14.0. The normalized spacial score (nSPS) is 19.0. The van der Waals surface area contributed by atoms with Gasteiger partial charge in [-0.3, -0.25) is 14.6 Å². The molecule has 0 saturated carbocycles. The van der Waals surface area contributed by atoms with Crippen molar-refractivity contribution in [2.24, 2.45) is 0 Å². The van der Waals surface area contributed by atoms with Gasteiger partial charge in [0, 0.05) is 24.2 Å². The Balaban J connectivity index is 1.60. The van der Waals surface area contributed by atoms with Crippen molar-refractivity contribution < 1.29 is 4.39 Å². The van der Waals surface area contributed by atoms with Crippen LogP contribution in [0.3, 0.4) is 0 Å². The van der Waals surface area contributed by atoms with Gasteiger partial charge in [-0.1, -0.05) is 12.5 Å². The summed E-state index contributed by atoms with van der Waals surface area (Å²) in [4.78, 5) is 10.9. The van der Waals surface area contributed by atoms with Crippen molar-refractivity contribution in [2.75, 3.05) is 6.54 Å². The van der Waals surface area contributed by atoms with Crippen LogP contribution < -0.4 is 0 Å². The van der Waals surface area contributed by atoms with Crippen LogP contribution in [0, 0.1) is 5.82 Å². The summed E-state index contributed by atoms with van der Waals surface area (Å²) in [6.07, 6.45) is 8.64. The second-order valence-electron chi connectivity index (χ2n) is 6.34. The van der Waals surface area contributed by atoms with E-state index in [1.54, 1.807) is 37.1 Å². The molecule has 1 aromatic carbocycles. The highest BCUT2D eigenvalue weighted by molar-refractivity contribution is 5.82. The zero-order valence-electron chi connectivity index (χ0n) is 13.5. The fourth-order valence-corrected chi connectivity index (χ4v) is 3.56. The van der Waals surface area contributed by atoms with Gasteiger partial charge in [0.2, 0.25) is 0 Å². The van der Waals surface area contributed by atoms with E-state index in [9.17, 15) is 4.39 Å². The van der Waals surface area contributed by atoms with E-state index in [1.807, 2.05) is 10.7 Å². The van der Waals surface area contributed by atoms with Gasteiger partial charge in [-0.25, -0.2) is 9.37 Å². The van der Waals surface area contributed by atoms with Crippen LogP contribution in [0.25, 0.3) is 10.9 Å². The molecule has 24 heavy (non-hydrogen) atoms. The summed E-state index contributed by atoms with van der Waals surface area (Å²) in [6.45, 7) is 2.67.